The molecular formula is C15H22O2S. The van der Waals surface area contributed by atoms with Crippen molar-refractivity contribution in [1.29, 1.82) is 0 Å². The van der Waals surface area contributed by atoms with Crippen LogP contribution in [-0.4, -0.2) is 17.1 Å². The SMILES string of the molecule is COc1ccc(C)cc1C[S@](=O)CC1CCCC1. The molecule has 1 aromatic rings. The van der Waals surface area contributed by atoms with Crippen molar-refractivity contribution >= 4 is 10.8 Å². The molecule has 1 aromatic carbocycles. The Morgan fingerprint density at radius 3 is 2.72 bits per heavy atom. The number of aryl methyl sites for hydroxylation is 1. The van der Waals surface area contributed by atoms with E-state index >= 15 is 0 Å². The first-order valence-electron chi connectivity index (χ1n) is 6.67. The summed E-state index contributed by atoms with van der Waals surface area (Å²) in [7, 11) is 0.914. The minimum atomic E-state index is -0.761. The van der Waals surface area contributed by atoms with Gasteiger partial charge in [-0.15, -0.1) is 0 Å². The van der Waals surface area contributed by atoms with Gasteiger partial charge < -0.3 is 4.74 Å². The van der Waals surface area contributed by atoms with Crippen LogP contribution >= 0.6 is 0 Å². The van der Waals surface area contributed by atoms with E-state index in [1.165, 1.54) is 31.2 Å². The van der Waals surface area contributed by atoms with Crippen LogP contribution in [0.5, 0.6) is 5.75 Å². The lowest BCUT2D eigenvalue weighted by Gasteiger charge is -2.11. The molecule has 3 heteroatoms. The molecular weight excluding hydrogens is 244 g/mol. The topological polar surface area (TPSA) is 26.3 Å². The Morgan fingerprint density at radius 2 is 2.06 bits per heavy atom. The molecule has 2 nitrogen and oxygen atoms in total. The van der Waals surface area contributed by atoms with Crippen molar-refractivity contribution in [1.82, 2.24) is 0 Å². The second-order valence-electron chi connectivity index (χ2n) is 5.22. The smallest absolute Gasteiger partial charge is 0.123 e. The van der Waals surface area contributed by atoms with E-state index < -0.39 is 10.8 Å². The summed E-state index contributed by atoms with van der Waals surface area (Å²) in [6.07, 6.45) is 5.15. The lowest BCUT2D eigenvalue weighted by molar-refractivity contribution is 0.411. The van der Waals surface area contributed by atoms with Crippen molar-refractivity contribution in [2.24, 2.45) is 5.92 Å². The van der Waals surface area contributed by atoms with Gasteiger partial charge in [0, 0.05) is 22.1 Å². The van der Waals surface area contributed by atoms with Gasteiger partial charge in [-0.05, 0) is 31.7 Å². The van der Waals surface area contributed by atoms with Crippen LogP contribution in [0.3, 0.4) is 0 Å². The minimum Gasteiger partial charge on any atom is -0.496 e. The monoisotopic (exact) mass is 266 g/mol. The van der Waals surface area contributed by atoms with Crippen LogP contribution in [0.4, 0.5) is 0 Å². The van der Waals surface area contributed by atoms with Crippen LogP contribution < -0.4 is 4.74 Å². The lowest BCUT2D eigenvalue weighted by Crippen LogP contribution is -2.10. The van der Waals surface area contributed by atoms with Crippen LogP contribution in [0.25, 0.3) is 0 Å². The van der Waals surface area contributed by atoms with E-state index in [1.807, 2.05) is 12.1 Å². The molecule has 0 saturated heterocycles. The Morgan fingerprint density at radius 1 is 1.33 bits per heavy atom. The molecule has 100 valence electrons. The van der Waals surface area contributed by atoms with Gasteiger partial charge in [-0.3, -0.25) is 4.21 Å². The summed E-state index contributed by atoms with van der Waals surface area (Å²) in [4.78, 5) is 0. The first-order valence-corrected chi connectivity index (χ1v) is 8.16. The third kappa shape index (κ3) is 3.58. The van der Waals surface area contributed by atoms with E-state index in [2.05, 4.69) is 13.0 Å². The maximum absolute atomic E-state index is 12.2. The number of benzene rings is 1. The second-order valence-corrected chi connectivity index (χ2v) is 6.72. The molecule has 1 saturated carbocycles. The van der Waals surface area contributed by atoms with Crippen molar-refractivity contribution < 1.29 is 8.95 Å². The van der Waals surface area contributed by atoms with Gasteiger partial charge in [-0.25, -0.2) is 0 Å². The molecule has 2 rings (SSSR count). The third-order valence-corrected chi connectivity index (χ3v) is 5.12. The molecule has 0 amide bonds. The number of ether oxygens (including phenoxy) is 1. The van der Waals surface area contributed by atoms with Crippen molar-refractivity contribution in [2.45, 2.75) is 38.4 Å². The summed E-state index contributed by atoms with van der Waals surface area (Å²) in [6.45, 7) is 2.06. The predicted octanol–water partition coefficient (Wildman–Crippen LogP) is 3.44. The molecule has 1 fully saturated rings. The molecule has 0 spiro atoms. The van der Waals surface area contributed by atoms with E-state index in [0.29, 0.717) is 11.7 Å². The van der Waals surface area contributed by atoms with Gasteiger partial charge in [0.25, 0.3) is 0 Å². The van der Waals surface area contributed by atoms with Gasteiger partial charge >= 0.3 is 0 Å². The normalized spacial score (nSPS) is 17.9. The highest BCUT2D eigenvalue weighted by Gasteiger charge is 2.18. The van der Waals surface area contributed by atoms with Crippen LogP contribution in [0.2, 0.25) is 0 Å². The fourth-order valence-corrected chi connectivity index (χ4v) is 4.24. The Balaban J connectivity index is 1.99. The summed E-state index contributed by atoms with van der Waals surface area (Å²) in [5.74, 6) is 3.03. The Bertz CT molecular complexity index is 423. The highest BCUT2D eigenvalue weighted by molar-refractivity contribution is 7.84. The molecule has 0 N–H and O–H groups in total. The van der Waals surface area contributed by atoms with Crippen molar-refractivity contribution in [3.05, 3.63) is 29.3 Å². The summed E-state index contributed by atoms with van der Waals surface area (Å²) in [5, 5.41) is 0. The molecule has 0 aliphatic heterocycles. The lowest BCUT2D eigenvalue weighted by atomic mass is 10.1. The molecule has 0 aromatic heterocycles. The molecule has 0 bridgehead atoms. The molecule has 1 aliphatic carbocycles. The summed E-state index contributed by atoms with van der Waals surface area (Å²) < 4.78 is 17.5. The highest BCUT2D eigenvalue weighted by atomic mass is 32.2. The maximum atomic E-state index is 12.2. The molecule has 0 heterocycles. The largest absolute Gasteiger partial charge is 0.496 e. The Hall–Kier alpha value is -0.830. The first-order chi connectivity index (χ1) is 8.69. The minimum absolute atomic E-state index is 0.626. The zero-order chi connectivity index (χ0) is 13.0. The molecule has 0 radical (unpaired) electrons. The van der Waals surface area contributed by atoms with Crippen LogP contribution in [0.15, 0.2) is 18.2 Å². The van der Waals surface area contributed by atoms with E-state index in [1.54, 1.807) is 7.11 Å². The number of hydrogen-bond acceptors (Lipinski definition) is 2. The van der Waals surface area contributed by atoms with Crippen molar-refractivity contribution in [3.63, 3.8) is 0 Å². The van der Waals surface area contributed by atoms with E-state index in [0.717, 1.165) is 17.1 Å². The van der Waals surface area contributed by atoms with Gasteiger partial charge in [0.1, 0.15) is 5.75 Å². The Kier molecular flexibility index (Phi) is 4.81. The highest BCUT2D eigenvalue weighted by Crippen LogP contribution is 2.27. The fraction of sp³-hybridized carbons (Fsp3) is 0.600. The molecule has 1 atom stereocenters. The van der Waals surface area contributed by atoms with E-state index in [9.17, 15) is 4.21 Å². The van der Waals surface area contributed by atoms with Gasteiger partial charge in [0.2, 0.25) is 0 Å². The zero-order valence-electron chi connectivity index (χ0n) is 11.3. The van der Waals surface area contributed by atoms with E-state index in [4.69, 9.17) is 4.74 Å². The quantitative estimate of drug-likeness (QED) is 0.816. The van der Waals surface area contributed by atoms with Gasteiger partial charge in [0.05, 0.1) is 12.9 Å². The maximum Gasteiger partial charge on any atom is 0.123 e. The van der Waals surface area contributed by atoms with Gasteiger partial charge in [0.15, 0.2) is 0 Å². The standard InChI is InChI=1S/C15H22O2S/c1-12-7-8-15(17-2)14(9-12)11-18(16)10-13-5-3-4-6-13/h7-9,13H,3-6,10-11H2,1-2H3/t18-/m1/s1. The van der Waals surface area contributed by atoms with E-state index in [-0.39, 0.29) is 0 Å². The van der Waals surface area contributed by atoms with Gasteiger partial charge in [-0.1, -0.05) is 30.5 Å². The van der Waals surface area contributed by atoms with Crippen molar-refractivity contribution in [2.75, 3.05) is 12.9 Å². The van der Waals surface area contributed by atoms with Crippen LogP contribution in [0, 0.1) is 12.8 Å². The average Bonchev–Trinajstić information content (AvgIpc) is 2.82. The third-order valence-electron chi connectivity index (χ3n) is 3.65. The van der Waals surface area contributed by atoms with Crippen molar-refractivity contribution in [3.8, 4) is 5.75 Å². The van der Waals surface area contributed by atoms with Crippen LogP contribution in [-0.2, 0) is 16.6 Å². The summed E-state index contributed by atoms with van der Waals surface area (Å²) >= 11 is 0. The number of methoxy groups -OCH3 is 1. The molecule has 1 aliphatic rings. The summed E-state index contributed by atoms with van der Waals surface area (Å²) in [6, 6.07) is 6.09. The predicted molar refractivity (Wildman–Crippen MR) is 76.4 cm³/mol. The summed E-state index contributed by atoms with van der Waals surface area (Å²) in [5.41, 5.74) is 2.28. The number of hydrogen-bond donors (Lipinski definition) is 0. The first kappa shape index (κ1) is 13.6. The second kappa shape index (κ2) is 6.37. The number of rotatable bonds is 5. The average molecular weight is 266 g/mol. The fourth-order valence-electron chi connectivity index (χ4n) is 2.69. The zero-order valence-corrected chi connectivity index (χ0v) is 12.1. The molecule has 0 unspecified atom stereocenters. The molecule has 18 heavy (non-hydrogen) atoms. The van der Waals surface area contributed by atoms with Crippen LogP contribution in [0.1, 0.15) is 36.8 Å². The van der Waals surface area contributed by atoms with Gasteiger partial charge in [-0.2, -0.15) is 0 Å². The Labute approximate surface area is 112 Å².